The summed E-state index contributed by atoms with van der Waals surface area (Å²) in [6.45, 7) is 2.91. The van der Waals surface area contributed by atoms with Crippen molar-refractivity contribution in [3.05, 3.63) is 54.2 Å². The second-order valence-corrected chi connectivity index (χ2v) is 5.49. The summed E-state index contributed by atoms with van der Waals surface area (Å²) in [7, 11) is 0. The third kappa shape index (κ3) is 3.12. The molecule has 1 aromatic heterocycles. The van der Waals surface area contributed by atoms with Crippen molar-refractivity contribution in [2.75, 3.05) is 5.32 Å². The SMILES string of the molecule is CC1(C)OC(=O)C(=CNc2cc(F)ccc2-n2cccn2)C(=O)O1. The van der Waals surface area contributed by atoms with Crippen LogP contribution >= 0.6 is 0 Å². The molecule has 124 valence electrons. The van der Waals surface area contributed by atoms with Crippen LogP contribution in [0.4, 0.5) is 10.1 Å². The van der Waals surface area contributed by atoms with Crippen molar-refractivity contribution in [1.82, 2.24) is 9.78 Å². The second-order valence-electron chi connectivity index (χ2n) is 5.49. The molecule has 7 nitrogen and oxygen atoms in total. The van der Waals surface area contributed by atoms with E-state index in [2.05, 4.69) is 10.4 Å². The fourth-order valence-corrected chi connectivity index (χ4v) is 2.16. The third-order valence-electron chi connectivity index (χ3n) is 3.20. The molecule has 0 radical (unpaired) electrons. The molecule has 0 spiro atoms. The monoisotopic (exact) mass is 331 g/mol. The number of esters is 2. The van der Waals surface area contributed by atoms with Gasteiger partial charge in [0.25, 0.3) is 5.79 Å². The number of rotatable bonds is 3. The van der Waals surface area contributed by atoms with Gasteiger partial charge >= 0.3 is 11.9 Å². The van der Waals surface area contributed by atoms with Gasteiger partial charge in [0.2, 0.25) is 0 Å². The standard InChI is InChI=1S/C16H14FN3O4/c1-16(2)23-14(21)11(15(22)24-16)9-18-12-8-10(17)4-5-13(12)20-7-3-6-19-20/h3-9,18H,1-2H3. The van der Waals surface area contributed by atoms with E-state index in [9.17, 15) is 14.0 Å². The number of carbonyl (C=O) groups is 2. The van der Waals surface area contributed by atoms with Crippen LogP contribution in [-0.2, 0) is 19.1 Å². The van der Waals surface area contributed by atoms with Gasteiger partial charge in [-0.25, -0.2) is 18.7 Å². The Morgan fingerprint density at radius 2 is 1.96 bits per heavy atom. The molecule has 24 heavy (non-hydrogen) atoms. The largest absolute Gasteiger partial charge is 0.419 e. The molecule has 0 unspecified atom stereocenters. The summed E-state index contributed by atoms with van der Waals surface area (Å²) in [5.74, 6) is -3.44. The number of halogens is 1. The average Bonchev–Trinajstić information content (AvgIpc) is 2.99. The van der Waals surface area contributed by atoms with Crippen LogP contribution in [0.25, 0.3) is 5.69 Å². The van der Waals surface area contributed by atoms with Gasteiger partial charge in [0.05, 0.1) is 11.4 Å². The molecule has 1 aromatic carbocycles. The number of nitrogens with zero attached hydrogens (tertiary/aromatic N) is 2. The third-order valence-corrected chi connectivity index (χ3v) is 3.20. The van der Waals surface area contributed by atoms with Crippen LogP contribution in [0, 0.1) is 5.82 Å². The highest BCUT2D eigenvalue weighted by molar-refractivity contribution is 6.15. The normalized spacial score (nSPS) is 16.4. The summed E-state index contributed by atoms with van der Waals surface area (Å²) in [6, 6.07) is 5.73. The smallest absolute Gasteiger partial charge is 0.350 e. The molecule has 1 saturated heterocycles. The Morgan fingerprint density at radius 3 is 2.58 bits per heavy atom. The highest BCUT2D eigenvalue weighted by Gasteiger charge is 2.38. The van der Waals surface area contributed by atoms with Crippen molar-refractivity contribution in [2.45, 2.75) is 19.6 Å². The molecule has 0 amide bonds. The Labute approximate surface area is 136 Å². The van der Waals surface area contributed by atoms with Gasteiger partial charge in [-0.05, 0) is 24.3 Å². The van der Waals surface area contributed by atoms with Gasteiger partial charge in [-0.3, -0.25) is 0 Å². The van der Waals surface area contributed by atoms with E-state index in [-0.39, 0.29) is 5.57 Å². The minimum atomic E-state index is -1.31. The van der Waals surface area contributed by atoms with Gasteiger partial charge in [0.1, 0.15) is 5.82 Å². The van der Waals surface area contributed by atoms with Crippen LogP contribution in [0.3, 0.4) is 0 Å². The van der Waals surface area contributed by atoms with E-state index in [4.69, 9.17) is 9.47 Å². The van der Waals surface area contributed by atoms with Gasteiger partial charge in [-0.1, -0.05) is 0 Å². The van der Waals surface area contributed by atoms with Crippen LogP contribution in [0.2, 0.25) is 0 Å². The number of hydrogen-bond donors (Lipinski definition) is 1. The van der Waals surface area contributed by atoms with Crippen molar-refractivity contribution in [1.29, 1.82) is 0 Å². The van der Waals surface area contributed by atoms with E-state index in [1.807, 2.05) is 0 Å². The van der Waals surface area contributed by atoms with Crippen molar-refractivity contribution >= 4 is 17.6 Å². The van der Waals surface area contributed by atoms with E-state index in [0.29, 0.717) is 11.4 Å². The Balaban J connectivity index is 1.91. The minimum absolute atomic E-state index is 0.315. The first-order valence-electron chi connectivity index (χ1n) is 7.09. The van der Waals surface area contributed by atoms with Crippen LogP contribution < -0.4 is 5.32 Å². The molecule has 1 aliphatic heterocycles. The van der Waals surface area contributed by atoms with Crippen molar-refractivity contribution in [3.63, 3.8) is 0 Å². The quantitative estimate of drug-likeness (QED) is 0.527. The first-order valence-corrected chi connectivity index (χ1v) is 7.09. The number of anilines is 1. The first-order chi connectivity index (χ1) is 11.4. The minimum Gasteiger partial charge on any atom is -0.419 e. The van der Waals surface area contributed by atoms with Crippen LogP contribution in [0.1, 0.15) is 13.8 Å². The van der Waals surface area contributed by atoms with Crippen LogP contribution in [0.15, 0.2) is 48.4 Å². The lowest BCUT2D eigenvalue weighted by molar-refractivity contribution is -0.222. The molecule has 0 bridgehead atoms. The van der Waals surface area contributed by atoms with Crippen LogP contribution in [0.5, 0.6) is 0 Å². The molecular formula is C16H14FN3O4. The average molecular weight is 331 g/mol. The molecule has 0 saturated carbocycles. The number of hydrogen-bond acceptors (Lipinski definition) is 6. The number of carbonyl (C=O) groups excluding carboxylic acids is 2. The summed E-state index contributed by atoms with van der Waals surface area (Å²) < 4.78 is 25.0. The molecule has 8 heteroatoms. The number of cyclic esters (lactones) is 2. The maximum atomic E-state index is 13.5. The van der Waals surface area contributed by atoms with E-state index >= 15 is 0 Å². The molecule has 1 fully saturated rings. The number of aromatic nitrogens is 2. The van der Waals surface area contributed by atoms with Crippen molar-refractivity contribution < 1.29 is 23.5 Å². The van der Waals surface area contributed by atoms with Crippen molar-refractivity contribution in [2.24, 2.45) is 0 Å². The van der Waals surface area contributed by atoms with Gasteiger partial charge in [-0.15, -0.1) is 0 Å². The topological polar surface area (TPSA) is 82.5 Å². The van der Waals surface area contributed by atoms with E-state index in [0.717, 1.165) is 6.20 Å². The predicted octanol–water partition coefficient (Wildman–Crippen LogP) is 2.14. The predicted molar refractivity (Wildman–Crippen MR) is 81.5 cm³/mol. The zero-order valence-corrected chi connectivity index (χ0v) is 12.9. The Morgan fingerprint density at radius 1 is 1.25 bits per heavy atom. The summed E-state index contributed by atoms with van der Waals surface area (Å²) >= 11 is 0. The zero-order valence-electron chi connectivity index (χ0n) is 12.9. The van der Waals surface area contributed by atoms with Gasteiger partial charge in [-0.2, -0.15) is 5.10 Å². The van der Waals surface area contributed by atoms with Crippen LogP contribution in [-0.4, -0.2) is 27.5 Å². The molecule has 2 aromatic rings. The van der Waals surface area contributed by atoms with E-state index in [1.54, 1.807) is 18.5 Å². The lowest BCUT2D eigenvalue weighted by Gasteiger charge is -2.29. The molecule has 1 N–H and O–H groups in total. The summed E-state index contributed by atoms with van der Waals surface area (Å²) in [5, 5.41) is 6.81. The second kappa shape index (κ2) is 5.80. The number of ether oxygens (including phenoxy) is 2. The molecule has 2 heterocycles. The molecule has 3 rings (SSSR count). The van der Waals surface area contributed by atoms with E-state index in [1.165, 1.54) is 36.7 Å². The number of benzene rings is 1. The lowest BCUT2D eigenvalue weighted by atomic mass is 10.2. The fraction of sp³-hybridized carbons (Fsp3) is 0.188. The zero-order chi connectivity index (χ0) is 17.3. The molecule has 1 aliphatic rings. The Bertz CT molecular complexity index is 806. The van der Waals surface area contributed by atoms with Gasteiger partial charge in [0.15, 0.2) is 5.57 Å². The molecule has 0 atom stereocenters. The molecule has 0 aliphatic carbocycles. The summed E-state index contributed by atoms with van der Waals surface area (Å²) in [4.78, 5) is 23.8. The lowest BCUT2D eigenvalue weighted by Crippen LogP contribution is -2.42. The Kier molecular flexibility index (Phi) is 3.80. The molecular weight excluding hydrogens is 317 g/mol. The summed E-state index contributed by atoms with van der Waals surface area (Å²) in [6.07, 6.45) is 4.38. The highest BCUT2D eigenvalue weighted by atomic mass is 19.1. The maximum absolute atomic E-state index is 13.5. The maximum Gasteiger partial charge on any atom is 0.350 e. The van der Waals surface area contributed by atoms with Crippen molar-refractivity contribution in [3.8, 4) is 5.69 Å². The first kappa shape index (κ1) is 15.7. The van der Waals surface area contributed by atoms with Gasteiger partial charge in [0, 0.05) is 32.4 Å². The fourth-order valence-electron chi connectivity index (χ4n) is 2.16. The summed E-state index contributed by atoms with van der Waals surface area (Å²) in [5.41, 5.74) is 0.540. The Hall–Kier alpha value is -3.16. The van der Waals surface area contributed by atoms with E-state index < -0.39 is 23.5 Å². The number of nitrogens with one attached hydrogen (secondary N) is 1. The van der Waals surface area contributed by atoms with Gasteiger partial charge < -0.3 is 14.8 Å². The highest BCUT2D eigenvalue weighted by Crippen LogP contribution is 2.24.